The van der Waals surface area contributed by atoms with Crippen LogP contribution in [0.2, 0.25) is 0 Å². The third-order valence-corrected chi connectivity index (χ3v) is 4.08. The SMILES string of the molecule is CCNC(c1cccc(F)c1F)C1(OC)CCCC1. The Labute approximate surface area is 113 Å². The molecule has 1 aliphatic rings. The second-order valence-corrected chi connectivity index (χ2v) is 5.11. The summed E-state index contributed by atoms with van der Waals surface area (Å²) >= 11 is 0. The molecule has 0 aliphatic heterocycles. The number of hydrogen-bond acceptors (Lipinski definition) is 2. The quantitative estimate of drug-likeness (QED) is 0.882. The van der Waals surface area contributed by atoms with Crippen LogP contribution in [-0.2, 0) is 4.74 Å². The number of benzene rings is 1. The standard InChI is InChI=1S/C15H21F2NO/c1-3-18-14(15(19-2)9-4-5-10-15)11-7-6-8-12(16)13(11)17/h6-8,14,18H,3-5,9-10H2,1-2H3. The minimum Gasteiger partial charge on any atom is -0.376 e. The number of nitrogens with one attached hydrogen (secondary N) is 1. The van der Waals surface area contributed by atoms with Crippen LogP contribution in [0.4, 0.5) is 8.78 Å². The van der Waals surface area contributed by atoms with E-state index >= 15 is 0 Å². The van der Waals surface area contributed by atoms with Gasteiger partial charge >= 0.3 is 0 Å². The maximum absolute atomic E-state index is 14.1. The van der Waals surface area contributed by atoms with Gasteiger partial charge in [-0.1, -0.05) is 31.9 Å². The zero-order valence-corrected chi connectivity index (χ0v) is 11.5. The first-order chi connectivity index (χ1) is 9.14. The molecule has 1 saturated carbocycles. The van der Waals surface area contributed by atoms with Gasteiger partial charge in [-0.15, -0.1) is 0 Å². The molecule has 0 aromatic heterocycles. The number of likely N-dealkylation sites (N-methyl/N-ethyl adjacent to an activating group) is 1. The van der Waals surface area contributed by atoms with Crippen LogP contribution < -0.4 is 5.32 Å². The molecule has 4 heteroatoms. The van der Waals surface area contributed by atoms with Crippen molar-refractivity contribution in [2.45, 2.75) is 44.2 Å². The van der Waals surface area contributed by atoms with Crippen molar-refractivity contribution in [3.05, 3.63) is 35.4 Å². The Morgan fingerprint density at radius 2 is 2.00 bits per heavy atom. The molecule has 0 heterocycles. The number of hydrogen-bond donors (Lipinski definition) is 1. The molecule has 106 valence electrons. The Bertz CT molecular complexity index is 430. The number of rotatable bonds is 5. The Hall–Kier alpha value is -1.00. The Kier molecular flexibility index (Phi) is 4.53. The van der Waals surface area contributed by atoms with Crippen LogP contribution in [0.15, 0.2) is 18.2 Å². The van der Waals surface area contributed by atoms with Crippen molar-refractivity contribution in [2.75, 3.05) is 13.7 Å². The van der Waals surface area contributed by atoms with Crippen molar-refractivity contribution in [2.24, 2.45) is 0 Å². The minimum atomic E-state index is -0.801. The monoisotopic (exact) mass is 269 g/mol. The van der Waals surface area contributed by atoms with Gasteiger partial charge in [-0.3, -0.25) is 0 Å². The number of ether oxygens (including phenoxy) is 1. The second kappa shape index (κ2) is 5.97. The highest BCUT2D eigenvalue weighted by molar-refractivity contribution is 5.26. The lowest BCUT2D eigenvalue weighted by molar-refractivity contribution is -0.0373. The fraction of sp³-hybridized carbons (Fsp3) is 0.600. The van der Waals surface area contributed by atoms with Crippen LogP contribution in [0, 0.1) is 11.6 Å². The van der Waals surface area contributed by atoms with Crippen LogP contribution in [0.25, 0.3) is 0 Å². The van der Waals surface area contributed by atoms with E-state index in [1.807, 2.05) is 6.92 Å². The Morgan fingerprint density at radius 3 is 2.58 bits per heavy atom. The van der Waals surface area contributed by atoms with E-state index in [2.05, 4.69) is 5.32 Å². The third-order valence-electron chi connectivity index (χ3n) is 4.08. The van der Waals surface area contributed by atoms with Crippen LogP contribution in [-0.4, -0.2) is 19.3 Å². The van der Waals surface area contributed by atoms with Crippen molar-refractivity contribution >= 4 is 0 Å². The highest BCUT2D eigenvalue weighted by Crippen LogP contribution is 2.43. The highest BCUT2D eigenvalue weighted by atomic mass is 19.2. The van der Waals surface area contributed by atoms with Gasteiger partial charge in [0.1, 0.15) is 0 Å². The Morgan fingerprint density at radius 1 is 1.32 bits per heavy atom. The maximum Gasteiger partial charge on any atom is 0.163 e. The normalized spacial score (nSPS) is 19.6. The number of methoxy groups -OCH3 is 1. The van der Waals surface area contributed by atoms with E-state index in [4.69, 9.17) is 4.74 Å². The summed E-state index contributed by atoms with van der Waals surface area (Å²) in [5, 5.41) is 3.27. The average molecular weight is 269 g/mol. The fourth-order valence-corrected chi connectivity index (χ4v) is 3.11. The zero-order valence-electron chi connectivity index (χ0n) is 11.5. The molecule has 19 heavy (non-hydrogen) atoms. The van der Waals surface area contributed by atoms with Gasteiger partial charge in [0, 0.05) is 12.7 Å². The van der Waals surface area contributed by atoms with Gasteiger partial charge in [-0.2, -0.15) is 0 Å². The van der Waals surface area contributed by atoms with Gasteiger partial charge in [0.2, 0.25) is 0 Å². The van der Waals surface area contributed by atoms with E-state index in [9.17, 15) is 8.78 Å². The summed E-state index contributed by atoms with van der Waals surface area (Å²) in [5.41, 5.74) is -0.0597. The second-order valence-electron chi connectivity index (χ2n) is 5.11. The van der Waals surface area contributed by atoms with E-state index in [1.54, 1.807) is 19.2 Å². The van der Waals surface area contributed by atoms with Crippen LogP contribution in [0.5, 0.6) is 0 Å². The van der Waals surface area contributed by atoms with Crippen molar-refractivity contribution < 1.29 is 13.5 Å². The summed E-state index contributed by atoms with van der Waals surface area (Å²) in [5.74, 6) is -1.57. The minimum absolute atomic E-state index is 0.305. The molecule has 1 fully saturated rings. The molecular formula is C15H21F2NO. The zero-order chi connectivity index (χ0) is 13.9. The van der Waals surface area contributed by atoms with Crippen molar-refractivity contribution in [1.29, 1.82) is 0 Å². The van der Waals surface area contributed by atoms with E-state index in [1.165, 1.54) is 0 Å². The lowest BCUT2D eigenvalue weighted by Gasteiger charge is -2.37. The molecule has 1 atom stereocenters. The molecule has 1 N–H and O–H groups in total. The molecule has 0 radical (unpaired) electrons. The van der Waals surface area contributed by atoms with E-state index in [0.29, 0.717) is 12.1 Å². The Balaban J connectivity index is 2.41. The van der Waals surface area contributed by atoms with Gasteiger partial charge in [-0.05, 0) is 25.5 Å². The van der Waals surface area contributed by atoms with Gasteiger partial charge in [0.25, 0.3) is 0 Å². The smallest absolute Gasteiger partial charge is 0.163 e. The highest BCUT2D eigenvalue weighted by Gasteiger charge is 2.43. The lowest BCUT2D eigenvalue weighted by Crippen LogP contribution is -2.44. The predicted octanol–water partition coefficient (Wildman–Crippen LogP) is 3.57. The summed E-state index contributed by atoms with van der Waals surface area (Å²) < 4.78 is 33.2. The van der Waals surface area contributed by atoms with Gasteiger partial charge in [-0.25, -0.2) is 8.78 Å². The van der Waals surface area contributed by atoms with Crippen LogP contribution in [0.3, 0.4) is 0 Å². The third kappa shape index (κ3) is 2.65. The van der Waals surface area contributed by atoms with Gasteiger partial charge in [0.05, 0.1) is 11.6 Å². The molecular weight excluding hydrogens is 248 g/mol. The molecule has 1 unspecified atom stereocenters. The van der Waals surface area contributed by atoms with E-state index in [0.717, 1.165) is 31.7 Å². The van der Waals surface area contributed by atoms with Gasteiger partial charge in [0.15, 0.2) is 11.6 Å². The summed E-state index contributed by atoms with van der Waals surface area (Å²) in [6.07, 6.45) is 3.87. The first-order valence-electron chi connectivity index (χ1n) is 6.87. The molecule has 1 aromatic carbocycles. The first-order valence-corrected chi connectivity index (χ1v) is 6.87. The van der Waals surface area contributed by atoms with E-state index < -0.39 is 17.2 Å². The predicted molar refractivity (Wildman–Crippen MR) is 71.0 cm³/mol. The summed E-state index contributed by atoms with van der Waals surface area (Å²) in [6, 6.07) is 4.04. The number of halogens is 2. The molecule has 1 aromatic rings. The molecule has 0 saturated heterocycles. The van der Waals surface area contributed by atoms with Crippen molar-refractivity contribution in [3.63, 3.8) is 0 Å². The summed E-state index contributed by atoms with van der Waals surface area (Å²) in [6.45, 7) is 2.65. The molecule has 2 rings (SSSR count). The van der Waals surface area contributed by atoms with Crippen molar-refractivity contribution in [3.8, 4) is 0 Å². The lowest BCUT2D eigenvalue weighted by atomic mass is 9.86. The summed E-state index contributed by atoms with van der Waals surface area (Å²) in [4.78, 5) is 0. The molecule has 2 nitrogen and oxygen atoms in total. The average Bonchev–Trinajstić information content (AvgIpc) is 2.89. The van der Waals surface area contributed by atoms with E-state index in [-0.39, 0.29) is 6.04 Å². The molecule has 0 spiro atoms. The molecule has 0 bridgehead atoms. The fourth-order valence-electron chi connectivity index (χ4n) is 3.11. The van der Waals surface area contributed by atoms with Gasteiger partial charge < -0.3 is 10.1 Å². The largest absolute Gasteiger partial charge is 0.376 e. The topological polar surface area (TPSA) is 21.3 Å². The molecule has 1 aliphatic carbocycles. The first kappa shape index (κ1) is 14.4. The van der Waals surface area contributed by atoms with Crippen molar-refractivity contribution in [1.82, 2.24) is 5.32 Å². The maximum atomic E-state index is 14.1. The molecule has 0 amide bonds. The van der Waals surface area contributed by atoms with Crippen LogP contribution >= 0.6 is 0 Å². The van der Waals surface area contributed by atoms with Crippen LogP contribution in [0.1, 0.15) is 44.2 Å². The summed E-state index contributed by atoms with van der Waals surface area (Å²) in [7, 11) is 1.66.